The van der Waals surface area contributed by atoms with E-state index in [0.717, 1.165) is 18.4 Å². The molecule has 0 bridgehead atoms. The standard InChI is InChI=1S/C21H32O4/c1-20(2,3)21(14-22,15-10-8-7-9-11-15)16-12-17(23-4)19(25-6)18(13-16)24-5/h12-15H,7-11H2,1-6H3/t21-/m0/s1. The van der Waals surface area contributed by atoms with Gasteiger partial charge in [-0.05, 0) is 41.9 Å². The van der Waals surface area contributed by atoms with E-state index in [1.165, 1.54) is 25.5 Å². The third-order valence-corrected chi connectivity index (χ3v) is 5.82. The highest BCUT2D eigenvalue weighted by Gasteiger charge is 2.50. The summed E-state index contributed by atoms with van der Waals surface area (Å²) in [5.74, 6) is 2.08. The van der Waals surface area contributed by atoms with Gasteiger partial charge in [0.15, 0.2) is 11.5 Å². The van der Waals surface area contributed by atoms with Crippen molar-refractivity contribution in [2.75, 3.05) is 21.3 Å². The molecule has 0 N–H and O–H groups in total. The lowest BCUT2D eigenvalue weighted by Gasteiger charge is -2.48. The Bertz CT molecular complexity index is 571. The molecule has 1 aliphatic rings. The van der Waals surface area contributed by atoms with E-state index in [0.29, 0.717) is 23.2 Å². The first-order valence-electron chi connectivity index (χ1n) is 9.12. The molecule has 0 aromatic heterocycles. The molecule has 2 rings (SSSR count). The van der Waals surface area contributed by atoms with Gasteiger partial charge in [-0.1, -0.05) is 40.0 Å². The lowest BCUT2D eigenvalue weighted by molar-refractivity contribution is -0.120. The zero-order valence-electron chi connectivity index (χ0n) is 16.5. The molecule has 25 heavy (non-hydrogen) atoms. The van der Waals surface area contributed by atoms with Gasteiger partial charge in [0.2, 0.25) is 5.75 Å². The number of methoxy groups -OCH3 is 3. The highest BCUT2D eigenvalue weighted by Crippen LogP contribution is 2.53. The summed E-state index contributed by atoms with van der Waals surface area (Å²) in [6.45, 7) is 6.46. The zero-order chi connectivity index (χ0) is 18.7. The molecule has 4 nitrogen and oxygen atoms in total. The fourth-order valence-electron chi connectivity index (χ4n) is 4.50. The summed E-state index contributed by atoms with van der Waals surface area (Å²) < 4.78 is 16.5. The summed E-state index contributed by atoms with van der Waals surface area (Å²) in [7, 11) is 4.82. The summed E-state index contributed by atoms with van der Waals surface area (Å²) in [6.07, 6.45) is 6.94. The van der Waals surface area contributed by atoms with Gasteiger partial charge in [0.05, 0.1) is 26.7 Å². The minimum Gasteiger partial charge on any atom is -0.493 e. The van der Waals surface area contributed by atoms with Crippen LogP contribution in [-0.2, 0) is 10.2 Å². The zero-order valence-corrected chi connectivity index (χ0v) is 16.5. The molecule has 0 radical (unpaired) electrons. The highest BCUT2D eigenvalue weighted by molar-refractivity contribution is 5.73. The minimum atomic E-state index is -0.583. The average molecular weight is 348 g/mol. The lowest BCUT2D eigenvalue weighted by atomic mass is 9.54. The quantitative estimate of drug-likeness (QED) is 0.694. The number of hydrogen-bond donors (Lipinski definition) is 0. The van der Waals surface area contributed by atoms with Crippen molar-refractivity contribution in [2.45, 2.75) is 58.3 Å². The average Bonchev–Trinajstić information content (AvgIpc) is 2.61. The van der Waals surface area contributed by atoms with Crippen molar-refractivity contribution in [2.24, 2.45) is 11.3 Å². The van der Waals surface area contributed by atoms with E-state index in [9.17, 15) is 4.79 Å². The fourth-order valence-corrected chi connectivity index (χ4v) is 4.50. The number of aldehydes is 1. The Hall–Kier alpha value is -1.71. The van der Waals surface area contributed by atoms with Gasteiger partial charge in [0.25, 0.3) is 0 Å². The van der Waals surface area contributed by atoms with Gasteiger partial charge >= 0.3 is 0 Å². The molecule has 1 aromatic carbocycles. The van der Waals surface area contributed by atoms with Crippen molar-refractivity contribution in [3.05, 3.63) is 17.7 Å². The summed E-state index contributed by atoms with van der Waals surface area (Å²) >= 11 is 0. The molecule has 0 aliphatic heterocycles. The molecule has 1 aromatic rings. The van der Waals surface area contributed by atoms with Crippen LogP contribution in [-0.4, -0.2) is 27.6 Å². The van der Waals surface area contributed by atoms with E-state index in [2.05, 4.69) is 20.8 Å². The predicted molar refractivity (Wildman–Crippen MR) is 99.9 cm³/mol. The van der Waals surface area contributed by atoms with Crippen LogP contribution in [0.2, 0.25) is 0 Å². The second kappa shape index (κ2) is 7.67. The predicted octanol–water partition coefficient (Wildman–Crippen LogP) is 4.78. The molecule has 1 saturated carbocycles. The number of carbonyl (C=O) groups excluding carboxylic acids is 1. The summed E-state index contributed by atoms with van der Waals surface area (Å²) in [6, 6.07) is 3.91. The topological polar surface area (TPSA) is 44.8 Å². The largest absolute Gasteiger partial charge is 0.493 e. The Morgan fingerprint density at radius 3 is 1.80 bits per heavy atom. The third-order valence-electron chi connectivity index (χ3n) is 5.82. The molecule has 0 amide bonds. The Balaban J connectivity index is 2.71. The van der Waals surface area contributed by atoms with Crippen LogP contribution in [0.5, 0.6) is 17.2 Å². The normalized spacial score (nSPS) is 18.3. The lowest BCUT2D eigenvalue weighted by Crippen LogP contribution is -2.48. The summed E-state index contributed by atoms with van der Waals surface area (Å²) in [5, 5.41) is 0. The molecule has 0 unspecified atom stereocenters. The van der Waals surface area contributed by atoms with Gasteiger partial charge in [-0.15, -0.1) is 0 Å². The molecule has 1 fully saturated rings. The Morgan fingerprint density at radius 2 is 1.44 bits per heavy atom. The van der Waals surface area contributed by atoms with Crippen LogP contribution in [0.1, 0.15) is 58.4 Å². The van der Waals surface area contributed by atoms with Crippen LogP contribution >= 0.6 is 0 Å². The van der Waals surface area contributed by atoms with Crippen LogP contribution in [0, 0.1) is 11.3 Å². The van der Waals surface area contributed by atoms with Gasteiger partial charge in [-0.3, -0.25) is 0 Å². The number of carbonyl (C=O) groups is 1. The maximum absolute atomic E-state index is 12.6. The second-order valence-corrected chi connectivity index (χ2v) is 7.99. The van der Waals surface area contributed by atoms with Crippen molar-refractivity contribution in [1.82, 2.24) is 0 Å². The first-order chi connectivity index (χ1) is 11.9. The van der Waals surface area contributed by atoms with Gasteiger partial charge in [-0.2, -0.15) is 0 Å². The van der Waals surface area contributed by atoms with E-state index in [-0.39, 0.29) is 5.41 Å². The Labute approximate surface area is 151 Å². The van der Waals surface area contributed by atoms with Crippen molar-refractivity contribution < 1.29 is 19.0 Å². The maximum atomic E-state index is 12.6. The van der Waals surface area contributed by atoms with Crippen LogP contribution in [0.15, 0.2) is 12.1 Å². The van der Waals surface area contributed by atoms with Crippen molar-refractivity contribution in [1.29, 1.82) is 0 Å². The molecule has 140 valence electrons. The van der Waals surface area contributed by atoms with Crippen LogP contribution in [0.25, 0.3) is 0 Å². The number of benzene rings is 1. The highest BCUT2D eigenvalue weighted by atomic mass is 16.5. The van der Waals surface area contributed by atoms with E-state index >= 15 is 0 Å². The molecule has 1 atom stereocenters. The Morgan fingerprint density at radius 1 is 0.920 bits per heavy atom. The molecular weight excluding hydrogens is 316 g/mol. The minimum absolute atomic E-state index is 0.221. The first-order valence-corrected chi connectivity index (χ1v) is 9.12. The molecule has 1 aliphatic carbocycles. The molecule has 0 saturated heterocycles. The van der Waals surface area contributed by atoms with Crippen LogP contribution in [0.3, 0.4) is 0 Å². The fraction of sp³-hybridized carbons (Fsp3) is 0.667. The number of hydrogen-bond acceptors (Lipinski definition) is 4. The summed E-state index contributed by atoms with van der Waals surface area (Å²) in [4.78, 5) is 12.6. The van der Waals surface area contributed by atoms with E-state index < -0.39 is 5.41 Å². The molecular formula is C21H32O4. The van der Waals surface area contributed by atoms with Gasteiger partial charge < -0.3 is 19.0 Å². The number of rotatable bonds is 6. The van der Waals surface area contributed by atoms with Crippen molar-refractivity contribution >= 4 is 6.29 Å². The van der Waals surface area contributed by atoms with Crippen LogP contribution < -0.4 is 14.2 Å². The monoisotopic (exact) mass is 348 g/mol. The third kappa shape index (κ3) is 3.36. The SMILES string of the molecule is COc1cc([C@](C=O)(C2CCCCC2)C(C)(C)C)cc(OC)c1OC. The van der Waals surface area contributed by atoms with Gasteiger partial charge in [0, 0.05) is 0 Å². The van der Waals surface area contributed by atoms with Crippen molar-refractivity contribution in [3.63, 3.8) is 0 Å². The number of ether oxygens (including phenoxy) is 3. The summed E-state index contributed by atoms with van der Waals surface area (Å²) in [5.41, 5.74) is 0.151. The van der Waals surface area contributed by atoms with Gasteiger partial charge in [-0.25, -0.2) is 0 Å². The van der Waals surface area contributed by atoms with Crippen LogP contribution in [0.4, 0.5) is 0 Å². The smallest absolute Gasteiger partial charge is 0.203 e. The molecule has 4 heteroatoms. The van der Waals surface area contributed by atoms with E-state index in [1.54, 1.807) is 21.3 Å². The molecule has 0 heterocycles. The maximum Gasteiger partial charge on any atom is 0.203 e. The van der Waals surface area contributed by atoms with Gasteiger partial charge in [0.1, 0.15) is 6.29 Å². The van der Waals surface area contributed by atoms with E-state index in [1.807, 2.05) is 12.1 Å². The second-order valence-electron chi connectivity index (χ2n) is 7.99. The van der Waals surface area contributed by atoms with Crippen molar-refractivity contribution in [3.8, 4) is 17.2 Å². The Kier molecular flexibility index (Phi) is 6.02. The first kappa shape index (κ1) is 19.6. The van der Waals surface area contributed by atoms with E-state index in [4.69, 9.17) is 14.2 Å². The molecule has 0 spiro atoms.